The van der Waals surface area contributed by atoms with Crippen LogP contribution in [0.5, 0.6) is 0 Å². The molecule has 168 valence electrons. The molecule has 1 saturated heterocycles. The van der Waals surface area contributed by atoms with Crippen molar-refractivity contribution in [2.75, 3.05) is 33.4 Å². The van der Waals surface area contributed by atoms with Crippen LogP contribution in [0.4, 0.5) is 4.79 Å². The van der Waals surface area contributed by atoms with Gasteiger partial charge in [-0.15, -0.1) is 0 Å². The lowest BCUT2D eigenvalue weighted by atomic mass is 9.92. The predicted octanol–water partition coefficient (Wildman–Crippen LogP) is 2.62. The van der Waals surface area contributed by atoms with Crippen molar-refractivity contribution in [3.8, 4) is 11.1 Å². The van der Waals surface area contributed by atoms with E-state index in [1.165, 1.54) is 12.0 Å². The zero-order chi connectivity index (χ0) is 22.7. The summed E-state index contributed by atoms with van der Waals surface area (Å²) in [6, 6.07) is 16.1. The Morgan fingerprint density at radius 3 is 2.31 bits per heavy atom. The number of benzene rings is 2. The highest BCUT2D eigenvalue weighted by Crippen LogP contribution is 2.44. The number of methoxy groups -OCH3 is 1. The van der Waals surface area contributed by atoms with Gasteiger partial charge in [0.2, 0.25) is 5.91 Å². The van der Waals surface area contributed by atoms with Gasteiger partial charge in [0, 0.05) is 19.6 Å². The van der Waals surface area contributed by atoms with E-state index in [2.05, 4.69) is 17.4 Å². The zero-order valence-corrected chi connectivity index (χ0v) is 17.9. The third-order valence-corrected chi connectivity index (χ3v) is 6.32. The van der Waals surface area contributed by atoms with E-state index in [0.29, 0.717) is 19.4 Å². The number of nitrogens with zero attached hydrogens (tertiary/aromatic N) is 1. The van der Waals surface area contributed by atoms with Crippen molar-refractivity contribution in [1.82, 2.24) is 10.2 Å². The van der Waals surface area contributed by atoms with Gasteiger partial charge < -0.3 is 24.8 Å². The van der Waals surface area contributed by atoms with E-state index >= 15 is 0 Å². The first-order valence-corrected chi connectivity index (χ1v) is 10.6. The summed E-state index contributed by atoms with van der Waals surface area (Å²) in [6.07, 6.45) is 0.160. The fraction of sp³-hybridized carbons (Fsp3) is 0.375. The van der Waals surface area contributed by atoms with Crippen molar-refractivity contribution < 1.29 is 29.0 Å². The maximum absolute atomic E-state index is 12.5. The third kappa shape index (κ3) is 4.05. The molecule has 2 aromatic rings. The number of carbonyl (C=O) groups is 3. The Kier molecular flexibility index (Phi) is 6.14. The summed E-state index contributed by atoms with van der Waals surface area (Å²) < 4.78 is 10.6. The van der Waals surface area contributed by atoms with Gasteiger partial charge in [-0.2, -0.15) is 0 Å². The number of carboxylic acids is 1. The van der Waals surface area contributed by atoms with Gasteiger partial charge in [0.25, 0.3) is 0 Å². The standard InChI is InChI=1S/C24H26N2O6/c1-31-24(22(28)29)11-6-12-26(15-24)21(27)13-25-23(30)32-14-20-18-9-4-2-7-16(18)17-8-3-5-10-19(17)20/h2-5,7-10,20H,6,11-15H2,1H3,(H,25,30)(H,28,29). The van der Waals surface area contributed by atoms with Crippen LogP contribution in [0.25, 0.3) is 11.1 Å². The summed E-state index contributed by atoms with van der Waals surface area (Å²) in [6.45, 7) is 0.257. The minimum atomic E-state index is -1.41. The van der Waals surface area contributed by atoms with Crippen LogP contribution in [0.15, 0.2) is 48.5 Å². The second-order valence-corrected chi connectivity index (χ2v) is 8.10. The molecular weight excluding hydrogens is 412 g/mol. The lowest BCUT2D eigenvalue weighted by Gasteiger charge is -2.38. The zero-order valence-electron chi connectivity index (χ0n) is 17.9. The Bertz CT molecular complexity index is 993. The molecule has 1 fully saturated rings. The highest BCUT2D eigenvalue weighted by atomic mass is 16.5. The highest BCUT2D eigenvalue weighted by Gasteiger charge is 2.44. The van der Waals surface area contributed by atoms with Gasteiger partial charge in [0.05, 0.1) is 6.54 Å². The number of hydrogen-bond donors (Lipinski definition) is 2. The number of aliphatic carboxylic acids is 1. The number of rotatable bonds is 6. The first-order valence-electron chi connectivity index (χ1n) is 10.6. The summed E-state index contributed by atoms with van der Waals surface area (Å²) in [5.41, 5.74) is 3.08. The maximum Gasteiger partial charge on any atom is 0.407 e. The summed E-state index contributed by atoms with van der Waals surface area (Å²) >= 11 is 0. The van der Waals surface area contributed by atoms with Crippen LogP contribution in [0.2, 0.25) is 0 Å². The Labute approximate surface area is 186 Å². The third-order valence-electron chi connectivity index (χ3n) is 6.32. The van der Waals surface area contributed by atoms with Gasteiger partial charge in [0.15, 0.2) is 5.60 Å². The molecule has 0 aromatic heterocycles. The van der Waals surface area contributed by atoms with E-state index in [-0.39, 0.29) is 31.5 Å². The topological polar surface area (TPSA) is 105 Å². The van der Waals surface area contributed by atoms with Gasteiger partial charge in [0.1, 0.15) is 13.2 Å². The molecule has 8 nitrogen and oxygen atoms in total. The van der Waals surface area contributed by atoms with E-state index in [1.807, 2.05) is 36.4 Å². The van der Waals surface area contributed by atoms with Crippen molar-refractivity contribution in [3.05, 3.63) is 59.7 Å². The second kappa shape index (κ2) is 9.00. The van der Waals surface area contributed by atoms with Crippen LogP contribution in [-0.4, -0.2) is 66.9 Å². The molecule has 32 heavy (non-hydrogen) atoms. The molecule has 2 aliphatic rings. The minimum absolute atomic E-state index is 0.0516. The number of hydrogen-bond acceptors (Lipinski definition) is 5. The largest absolute Gasteiger partial charge is 0.479 e. The normalized spacial score (nSPS) is 19.7. The molecule has 2 aromatic carbocycles. The number of carbonyl (C=O) groups excluding carboxylic acids is 2. The average Bonchev–Trinajstić information content (AvgIpc) is 3.14. The first-order chi connectivity index (χ1) is 15.4. The number of piperidine rings is 1. The molecule has 0 spiro atoms. The number of amides is 2. The number of fused-ring (bicyclic) bond motifs is 3. The van der Waals surface area contributed by atoms with Crippen LogP contribution in [0.3, 0.4) is 0 Å². The monoisotopic (exact) mass is 438 g/mol. The Balaban J connectivity index is 1.32. The molecule has 1 heterocycles. The molecule has 1 aliphatic heterocycles. The van der Waals surface area contributed by atoms with Gasteiger partial charge in [-0.1, -0.05) is 48.5 Å². The molecule has 0 bridgehead atoms. The van der Waals surface area contributed by atoms with E-state index in [9.17, 15) is 19.5 Å². The maximum atomic E-state index is 12.5. The number of carboxylic acid groups (broad SMARTS) is 1. The molecule has 1 aliphatic carbocycles. The van der Waals surface area contributed by atoms with Crippen LogP contribution >= 0.6 is 0 Å². The van der Waals surface area contributed by atoms with Crippen molar-refractivity contribution in [2.24, 2.45) is 0 Å². The molecule has 1 unspecified atom stereocenters. The van der Waals surface area contributed by atoms with Crippen molar-refractivity contribution in [2.45, 2.75) is 24.4 Å². The van der Waals surface area contributed by atoms with E-state index in [4.69, 9.17) is 9.47 Å². The Morgan fingerprint density at radius 2 is 1.72 bits per heavy atom. The summed E-state index contributed by atoms with van der Waals surface area (Å²) in [7, 11) is 1.33. The lowest BCUT2D eigenvalue weighted by Crippen LogP contribution is -2.57. The number of alkyl carbamates (subject to hydrolysis) is 1. The fourth-order valence-corrected chi connectivity index (χ4v) is 4.57. The molecule has 8 heteroatoms. The van der Waals surface area contributed by atoms with E-state index < -0.39 is 17.7 Å². The molecule has 2 amide bonds. The Morgan fingerprint density at radius 1 is 1.09 bits per heavy atom. The molecule has 2 N–H and O–H groups in total. The van der Waals surface area contributed by atoms with Gasteiger partial charge in [-0.05, 0) is 35.1 Å². The predicted molar refractivity (Wildman–Crippen MR) is 116 cm³/mol. The smallest absolute Gasteiger partial charge is 0.407 e. The van der Waals surface area contributed by atoms with Crippen molar-refractivity contribution in [3.63, 3.8) is 0 Å². The van der Waals surface area contributed by atoms with E-state index in [0.717, 1.165) is 22.3 Å². The average molecular weight is 438 g/mol. The fourth-order valence-electron chi connectivity index (χ4n) is 4.57. The van der Waals surface area contributed by atoms with Gasteiger partial charge in [-0.3, -0.25) is 4.79 Å². The quantitative estimate of drug-likeness (QED) is 0.718. The van der Waals surface area contributed by atoms with Crippen LogP contribution < -0.4 is 5.32 Å². The summed E-state index contributed by atoms with van der Waals surface area (Å²) in [5.74, 6) is -1.54. The van der Waals surface area contributed by atoms with Gasteiger partial charge in [-0.25, -0.2) is 9.59 Å². The molecule has 0 radical (unpaired) electrons. The van der Waals surface area contributed by atoms with E-state index in [1.54, 1.807) is 0 Å². The first kappa shape index (κ1) is 21.8. The lowest BCUT2D eigenvalue weighted by molar-refractivity contribution is -0.171. The van der Waals surface area contributed by atoms with Crippen molar-refractivity contribution >= 4 is 18.0 Å². The second-order valence-electron chi connectivity index (χ2n) is 8.10. The minimum Gasteiger partial charge on any atom is -0.479 e. The van der Waals surface area contributed by atoms with Crippen LogP contribution in [-0.2, 0) is 19.1 Å². The molecule has 4 rings (SSSR count). The SMILES string of the molecule is COC1(C(=O)O)CCCN(C(=O)CNC(=O)OCC2c3ccccc3-c3ccccc32)C1. The number of nitrogens with one attached hydrogen (secondary N) is 1. The summed E-state index contributed by atoms with van der Waals surface area (Å²) in [4.78, 5) is 37.8. The highest BCUT2D eigenvalue weighted by molar-refractivity contribution is 5.84. The van der Waals surface area contributed by atoms with Crippen LogP contribution in [0.1, 0.15) is 29.9 Å². The molecule has 1 atom stereocenters. The summed E-state index contributed by atoms with van der Waals surface area (Å²) in [5, 5.41) is 12.0. The molecular formula is C24H26N2O6. The van der Waals surface area contributed by atoms with Crippen LogP contribution in [0, 0.1) is 0 Å². The van der Waals surface area contributed by atoms with Gasteiger partial charge >= 0.3 is 12.1 Å². The van der Waals surface area contributed by atoms with Crippen molar-refractivity contribution in [1.29, 1.82) is 0 Å². The number of likely N-dealkylation sites (tertiary alicyclic amines) is 1. The number of ether oxygens (including phenoxy) is 2. The molecule has 0 saturated carbocycles. The Hall–Kier alpha value is -3.39.